The number of carbonyl (C=O) groups is 2. The second-order valence-electron chi connectivity index (χ2n) is 11.6. The van der Waals surface area contributed by atoms with Crippen LogP contribution in [0.3, 0.4) is 0 Å². The van der Waals surface area contributed by atoms with E-state index in [1.807, 2.05) is 42.0 Å². The van der Waals surface area contributed by atoms with E-state index in [2.05, 4.69) is 6.92 Å². The topological polar surface area (TPSA) is 69.0 Å². The number of ether oxygens (including phenoxy) is 3. The first kappa shape index (κ1) is 36.9. The van der Waals surface area contributed by atoms with Crippen molar-refractivity contribution in [1.29, 1.82) is 0 Å². The molecule has 8 heteroatoms. The molecule has 0 radical (unpaired) electrons. The number of methoxy groups -OCH3 is 1. The maximum Gasteiger partial charge on any atom is 0.417 e. The van der Waals surface area contributed by atoms with E-state index in [1.54, 1.807) is 36.4 Å². The van der Waals surface area contributed by atoms with Gasteiger partial charge in [0.05, 0.1) is 24.3 Å². The summed E-state index contributed by atoms with van der Waals surface area (Å²) in [6.45, 7) is 5.56. The summed E-state index contributed by atoms with van der Waals surface area (Å²) in [5.74, 6) is 0.488. The fourth-order valence-electron chi connectivity index (χ4n) is 5.41. The van der Waals surface area contributed by atoms with Gasteiger partial charge < -0.3 is 14.2 Å². The Morgan fingerprint density at radius 3 is 2.09 bits per heavy atom. The van der Waals surface area contributed by atoms with E-state index >= 15 is 0 Å². The normalized spacial score (nSPS) is 10.9. The minimum Gasteiger partial charge on any atom is -0.496 e. The molecule has 1 heterocycles. The van der Waals surface area contributed by atoms with Gasteiger partial charge in [-0.25, -0.2) is 14.3 Å². The molecule has 3 aromatic rings. The zero-order chi connectivity index (χ0) is 33.0. The Morgan fingerprint density at radius 2 is 1.43 bits per heavy atom. The zero-order valence-electron chi connectivity index (χ0n) is 28.0. The van der Waals surface area contributed by atoms with Crippen molar-refractivity contribution in [1.82, 2.24) is 4.90 Å². The molecule has 0 bridgehead atoms. The largest absolute Gasteiger partial charge is 0.496 e. The monoisotopic (exact) mass is 651 g/mol. The molecule has 2 amide bonds. The van der Waals surface area contributed by atoms with Crippen LogP contribution in [-0.4, -0.2) is 30.6 Å². The van der Waals surface area contributed by atoms with Crippen molar-refractivity contribution in [2.45, 2.75) is 111 Å². The molecule has 0 aliphatic heterocycles. The summed E-state index contributed by atoms with van der Waals surface area (Å²) in [6, 6.07) is 17.9. The van der Waals surface area contributed by atoms with E-state index < -0.39 is 12.0 Å². The third-order valence-corrected chi connectivity index (χ3v) is 8.41. The van der Waals surface area contributed by atoms with Crippen LogP contribution in [0.2, 0.25) is 5.02 Å². The van der Waals surface area contributed by atoms with Crippen LogP contribution in [0.15, 0.2) is 66.9 Å². The molecular weight excluding hydrogens is 600 g/mol. The molecule has 0 fully saturated rings. The average molecular weight is 652 g/mol. The van der Waals surface area contributed by atoms with Gasteiger partial charge in [0.25, 0.3) is 5.91 Å². The molecule has 0 unspecified atom stereocenters. The van der Waals surface area contributed by atoms with Crippen molar-refractivity contribution in [2.75, 3.05) is 13.7 Å². The Hall–Kier alpha value is -3.58. The summed E-state index contributed by atoms with van der Waals surface area (Å²) < 4.78 is 18.9. The number of nitrogens with zero attached hydrogens (tertiary/aromatic N) is 2. The number of hydrogen-bond acceptors (Lipinski definition) is 5. The molecule has 7 nitrogen and oxygen atoms in total. The van der Waals surface area contributed by atoms with E-state index in [1.165, 1.54) is 71.3 Å². The van der Waals surface area contributed by atoms with Crippen LogP contribution in [0, 0.1) is 0 Å². The van der Waals surface area contributed by atoms with Crippen molar-refractivity contribution in [3.05, 3.63) is 88.7 Å². The first-order chi connectivity index (χ1) is 22.5. The van der Waals surface area contributed by atoms with Gasteiger partial charge in [-0.15, -0.1) is 0 Å². The van der Waals surface area contributed by atoms with Crippen molar-refractivity contribution in [2.24, 2.45) is 0 Å². The van der Waals surface area contributed by atoms with Gasteiger partial charge in [0.2, 0.25) is 5.69 Å². The van der Waals surface area contributed by atoms with E-state index in [-0.39, 0.29) is 18.7 Å². The van der Waals surface area contributed by atoms with E-state index in [4.69, 9.17) is 25.8 Å². The highest BCUT2D eigenvalue weighted by Gasteiger charge is 2.29. The lowest BCUT2D eigenvalue weighted by molar-refractivity contribution is -0.701. The Morgan fingerprint density at radius 1 is 0.783 bits per heavy atom. The standard InChI is InChI=1S/C38H52ClN2O5/c1-4-6-7-8-9-10-11-12-13-14-15-20-27-45-36-25-24-31(28-34(36)39)30-46-38(43)41(29-32-21-18-19-26-40(32)5-2)37(42)33-22-16-17-23-35(33)44-3/h16-19,21-26,28H,4-15,20,27,29-30H2,1-3H3/q+1. The van der Waals surface area contributed by atoms with Crippen molar-refractivity contribution < 1.29 is 28.4 Å². The number of aromatic nitrogens is 1. The number of rotatable bonds is 21. The summed E-state index contributed by atoms with van der Waals surface area (Å²) in [5.41, 5.74) is 1.77. The highest BCUT2D eigenvalue weighted by atomic mass is 35.5. The smallest absolute Gasteiger partial charge is 0.417 e. The lowest BCUT2D eigenvalue weighted by Crippen LogP contribution is -2.43. The number of imide groups is 1. The number of pyridine rings is 1. The van der Waals surface area contributed by atoms with Crippen LogP contribution in [0.1, 0.15) is 113 Å². The Kier molecular flexibility index (Phi) is 17.0. The van der Waals surface area contributed by atoms with Crippen LogP contribution in [0.5, 0.6) is 11.5 Å². The van der Waals surface area contributed by atoms with Crippen LogP contribution >= 0.6 is 11.6 Å². The number of hydrogen-bond donors (Lipinski definition) is 0. The van der Waals surface area contributed by atoms with Crippen molar-refractivity contribution in [3.63, 3.8) is 0 Å². The maximum atomic E-state index is 13.6. The Bertz CT molecular complexity index is 1350. The predicted octanol–water partition coefficient (Wildman–Crippen LogP) is 9.72. The van der Waals surface area contributed by atoms with Gasteiger partial charge in [-0.1, -0.05) is 113 Å². The zero-order valence-corrected chi connectivity index (χ0v) is 28.7. The molecule has 0 aliphatic carbocycles. The van der Waals surface area contributed by atoms with Gasteiger partial charge in [-0.05, 0) is 43.2 Å². The number of unbranched alkanes of at least 4 members (excludes halogenated alkanes) is 11. The second-order valence-corrected chi connectivity index (χ2v) is 12.0. The number of para-hydroxylation sites is 1. The minimum atomic E-state index is -0.758. The molecule has 0 N–H and O–H groups in total. The van der Waals surface area contributed by atoms with Crippen LogP contribution in [0.25, 0.3) is 0 Å². The van der Waals surface area contributed by atoms with Gasteiger partial charge in [-0.2, -0.15) is 0 Å². The lowest BCUT2D eigenvalue weighted by Gasteiger charge is -2.21. The molecule has 3 rings (SSSR count). The van der Waals surface area contributed by atoms with E-state index in [0.717, 1.165) is 23.4 Å². The van der Waals surface area contributed by atoms with Gasteiger partial charge in [0, 0.05) is 12.1 Å². The van der Waals surface area contributed by atoms with Crippen molar-refractivity contribution >= 4 is 23.6 Å². The fourth-order valence-corrected chi connectivity index (χ4v) is 5.67. The van der Waals surface area contributed by atoms with Crippen LogP contribution in [-0.2, 0) is 24.4 Å². The number of carbonyl (C=O) groups excluding carboxylic acids is 2. The summed E-state index contributed by atoms with van der Waals surface area (Å²) in [6.07, 6.45) is 16.7. The second kappa shape index (κ2) is 21.3. The maximum absolute atomic E-state index is 13.6. The summed E-state index contributed by atoms with van der Waals surface area (Å²) in [5, 5.41) is 0.461. The number of aryl methyl sites for hydroxylation is 1. The highest BCUT2D eigenvalue weighted by Crippen LogP contribution is 2.27. The SMILES string of the molecule is CCCCCCCCCCCCCCOc1ccc(COC(=O)N(Cc2cccc[n+]2CC)C(=O)c2ccccc2OC)cc1Cl. The number of halogens is 1. The van der Waals surface area contributed by atoms with Gasteiger partial charge in [0.1, 0.15) is 31.2 Å². The number of benzene rings is 2. The quantitative estimate of drug-likeness (QED) is 0.0847. The van der Waals surface area contributed by atoms with Crippen molar-refractivity contribution in [3.8, 4) is 11.5 Å². The molecule has 0 saturated carbocycles. The summed E-state index contributed by atoms with van der Waals surface area (Å²) in [7, 11) is 1.49. The third-order valence-electron chi connectivity index (χ3n) is 8.11. The Balaban J connectivity index is 1.48. The van der Waals surface area contributed by atoms with E-state index in [9.17, 15) is 9.59 Å². The minimum absolute atomic E-state index is 0.0387. The number of amides is 2. The van der Waals surface area contributed by atoms with Crippen LogP contribution < -0.4 is 14.0 Å². The summed E-state index contributed by atoms with van der Waals surface area (Å²) >= 11 is 6.52. The molecule has 0 saturated heterocycles. The molecule has 2 aromatic carbocycles. The fraction of sp³-hybridized carbons (Fsp3) is 0.500. The molecular formula is C38H52ClN2O5+. The van der Waals surface area contributed by atoms with Gasteiger partial charge in [-0.3, -0.25) is 4.79 Å². The third kappa shape index (κ3) is 12.3. The van der Waals surface area contributed by atoms with Gasteiger partial charge in [0.15, 0.2) is 6.20 Å². The molecule has 0 atom stereocenters. The average Bonchev–Trinajstić information content (AvgIpc) is 3.08. The highest BCUT2D eigenvalue weighted by molar-refractivity contribution is 6.32. The molecule has 250 valence electrons. The molecule has 46 heavy (non-hydrogen) atoms. The van der Waals surface area contributed by atoms with Gasteiger partial charge >= 0.3 is 6.09 Å². The molecule has 1 aromatic heterocycles. The van der Waals surface area contributed by atoms with E-state index in [0.29, 0.717) is 35.2 Å². The Labute approximate surface area is 280 Å². The predicted molar refractivity (Wildman–Crippen MR) is 183 cm³/mol. The summed E-state index contributed by atoms with van der Waals surface area (Å²) in [4.78, 5) is 28.2. The molecule has 0 aliphatic rings. The lowest BCUT2D eigenvalue weighted by atomic mass is 10.1. The molecule has 0 spiro atoms. The first-order valence-electron chi connectivity index (χ1n) is 17.0. The van der Waals surface area contributed by atoms with Crippen LogP contribution in [0.4, 0.5) is 4.79 Å². The first-order valence-corrected chi connectivity index (χ1v) is 17.4.